The molecule has 222 valence electrons. The number of Topliss-reactive ketones (excluding diaryl/α,β-unsaturated/α-hetero) is 1. The van der Waals surface area contributed by atoms with Crippen LogP contribution in [0.25, 0.3) is 21.7 Å². The Morgan fingerprint density at radius 1 is 0.814 bits per heavy atom. The van der Waals surface area contributed by atoms with Gasteiger partial charge in [0.25, 0.3) is 5.56 Å². The summed E-state index contributed by atoms with van der Waals surface area (Å²) in [5.41, 5.74) is 7.78. The van der Waals surface area contributed by atoms with Crippen molar-refractivity contribution < 1.29 is 22.9 Å². The summed E-state index contributed by atoms with van der Waals surface area (Å²) in [6.45, 7) is 9.54. The number of nitrogens with one attached hydrogen (secondary N) is 1. The molecule has 0 atom stereocenters. The van der Waals surface area contributed by atoms with Crippen molar-refractivity contribution in [3.63, 3.8) is 0 Å². The lowest BCUT2D eigenvalue weighted by atomic mass is 9.78. The maximum absolute atomic E-state index is 13.1. The zero-order valence-corrected chi connectivity index (χ0v) is 26.1. The van der Waals surface area contributed by atoms with Crippen LogP contribution in [0.3, 0.4) is 0 Å². The van der Waals surface area contributed by atoms with Crippen LogP contribution in [-0.2, 0) is 9.31 Å². The summed E-state index contributed by atoms with van der Waals surface area (Å²) in [5.74, 6) is -0.928. The number of ketones is 1. The van der Waals surface area contributed by atoms with Crippen molar-refractivity contribution in [3.8, 4) is 0 Å². The van der Waals surface area contributed by atoms with E-state index in [-0.39, 0.29) is 29.7 Å². The maximum Gasteiger partial charge on any atom is 0.496 e. The number of carbonyl (C=O) groups excluding carboxylic acids is 1. The van der Waals surface area contributed by atoms with Gasteiger partial charge in [0.05, 0.1) is 16.6 Å². The Balaban J connectivity index is 0.000000151. The van der Waals surface area contributed by atoms with Gasteiger partial charge in [0.2, 0.25) is 0 Å². The molecule has 2 heterocycles. The minimum Gasteiger partial charge on any atom is -0.399 e. The second-order valence-electron chi connectivity index (χ2n) is 11.1. The van der Waals surface area contributed by atoms with Crippen LogP contribution in [-0.4, -0.2) is 29.1 Å². The first-order chi connectivity index (χ1) is 20.2. The fraction of sp³-hybridized carbons (Fsp3) is 0.212. The Morgan fingerprint density at radius 2 is 1.40 bits per heavy atom. The molecule has 43 heavy (non-hydrogen) atoms. The second kappa shape index (κ2) is 12.8. The third-order valence-corrected chi connectivity index (χ3v) is 8.19. The molecular weight excluding hydrogens is 617 g/mol. The molecular formula is C33H32BBrF2N2O4. The zero-order chi connectivity index (χ0) is 31.5. The summed E-state index contributed by atoms with van der Waals surface area (Å²) in [4.78, 5) is 25.3. The molecule has 0 unspecified atom stereocenters. The van der Waals surface area contributed by atoms with Gasteiger partial charge in [-0.1, -0.05) is 58.4 Å². The van der Waals surface area contributed by atoms with Crippen molar-refractivity contribution in [3.05, 3.63) is 117 Å². The smallest absolute Gasteiger partial charge is 0.399 e. The van der Waals surface area contributed by atoms with Gasteiger partial charge >= 0.3 is 7.12 Å². The largest absolute Gasteiger partial charge is 0.496 e. The van der Waals surface area contributed by atoms with Gasteiger partial charge < -0.3 is 20.0 Å². The summed E-state index contributed by atoms with van der Waals surface area (Å²) in [6.07, 6.45) is 0. The van der Waals surface area contributed by atoms with Gasteiger partial charge in [-0.05, 0) is 82.5 Å². The summed E-state index contributed by atoms with van der Waals surface area (Å²) >= 11 is 3.14. The van der Waals surface area contributed by atoms with Gasteiger partial charge in [-0.15, -0.1) is 0 Å². The van der Waals surface area contributed by atoms with Gasteiger partial charge in [-0.25, -0.2) is 8.78 Å². The Kier molecular flexibility index (Phi) is 9.54. The molecule has 0 radical (unpaired) electrons. The quantitative estimate of drug-likeness (QED) is 0.0915. The van der Waals surface area contributed by atoms with Crippen LogP contribution in [0.4, 0.5) is 14.5 Å². The van der Waals surface area contributed by atoms with E-state index >= 15 is 0 Å². The molecule has 1 aromatic heterocycles. The molecule has 4 aromatic carbocycles. The van der Waals surface area contributed by atoms with Crippen LogP contribution in [0, 0.1) is 11.6 Å². The average molecular weight is 649 g/mol. The Hall–Kier alpha value is -3.86. The topological polar surface area (TPSA) is 94.4 Å². The third kappa shape index (κ3) is 7.21. The van der Waals surface area contributed by atoms with Crippen molar-refractivity contribution in [1.82, 2.24) is 4.98 Å². The van der Waals surface area contributed by atoms with Crippen LogP contribution in [0.1, 0.15) is 45.0 Å². The van der Waals surface area contributed by atoms with Gasteiger partial charge in [0.15, 0.2) is 5.78 Å². The van der Waals surface area contributed by atoms with Crippen LogP contribution in [0.2, 0.25) is 0 Å². The lowest BCUT2D eigenvalue weighted by Crippen LogP contribution is -2.41. The number of carbonyl (C=O) groups is 1. The van der Waals surface area contributed by atoms with E-state index in [9.17, 15) is 18.4 Å². The fourth-order valence-corrected chi connectivity index (χ4v) is 4.94. The number of hydrogen-bond acceptors (Lipinski definition) is 5. The van der Waals surface area contributed by atoms with Crippen molar-refractivity contribution in [2.45, 2.75) is 45.8 Å². The summed E-state index contributed by atoms with van der Waals surface area (Å²) in [5, 5.41) is 2.09. The lowest BCUT2D eigenvalue weighted by Gasteiger charge is -2.32. The second-order valence-corrected chi connectivity index (χ2v) is 11.9. The monoisotopic (exact) mass is 648 g/mol. The minimum atomic E-state index is -0.395. The number of H-pyrrole nitrogens is 1. The van der Waals surface area contributed by atoms with E-state index in [1.807, 2.05) is 76.2 Å². The number of para-hydroxylation sites is 2. The van der Waals surface area contributed by atoms with Gasteiger partial charge in [-0.3, -0.25) is 9.59 Å². The standard InChI is InChI=1S/C13H8FNO.C12H18BNO2.C8H6BrFO/c14-8-5-6-9-10-3-1-2-4-12(10)15-13(16)11(9)7-8;1-11(2)12(3,4)16-13(15-11)9-7-5-6-8-10(9)14;1-5(11)7-4-6(10)2-3-8(7)9/h1-7H,(H,15,16);5-8H,14H2,1-4H3;2-4H,1H3. The minimum absolute atomic E-state index is 0.142. The molecule has 1 saturated heterocycles. The number of rotatable bonds is 2. The molecule has 6 nitrogen and oxygen atoms in total. The Morgan fingerprint density at radius 3 is 2.02 bits per heavy atom. The summed E-state index contributed by atoms with van der Waals surface area (Å²) < 4.78 is 38.1. The van der Waals surface area contributed by atoms with E-state index in [1.54, 1.807) is 6.07 Å². The summed E-state index contributed by atoms with van der Waals surface area (Å²) in [7, 11) is -0.369. The number of benzene rings is 4. The first-order valence-electron chi connectivity index (χ1n) is 13.6. The molecule has 6 rings (SSSR count). The molecule has 0 saturated carbocycles. The van der Waals surface area contributed by atoms with E-state index in [1.165, 1.54) is 37.3 Å². The van der Waals surface area contributed by atoms with Gasteiger partial charge in [0, 0.05) is 32.1 Å². The van der Waals surface area contributed by atoms with E-state index in [0.29, 0.717) is 21.1 Å². The number of anilines is 1. The number of pyridine rings is 1. The number of nitrogens with two attached hydrogens (primary N) is 1. The predicted molar refractivity (Wildman–Crippen MR) is 173 cm³/mol. The number of fused-ring (bicyclic) bond motifs is 3. The number of aromatic amines is 1. The summed E-state index contributed by atoms with van der Waals surface area (Å²) in [6, 6.07) is 23.5. The maximum atomic E-state index is 13.1. The highest BCUT2D eigenvalue weighted by molar-refractivity contribution is 9.10. The van der Waals surface area contributed by atoms with E-state index < -0.39 is 11.6 Å². The van der Waals surface area contributed by atoms with Crippen LogP contribution >= 0.6 is 15.9 Å². The molecule has 0 amide bonds. The fourth-order valence-electron chi connectivity index (χ4n) is 4.42. The molecule has 0 spiro atoms. The Labute approximate surface area is 257 Å². The average Bonchev–Trinajstić information content (AvgIpc) is 3.17. The first-order valence-corrected chi connectivity index (χ1v) is 14.4. The predicted octanol–water partition coefficient (Wildman–Crippen LogP) is 7.18. The molecule has 1 aliphatic heterocycles. The van der Waals surface area contributed by atoms with Crippen LogP contribution < -0.4 is 16.8 Å². The van der Waals surface area contributed by atoms with Crippen LogP contribution in [0.5, 0.6) is 0 Å². The highest BCUT2D eigenvalue weighted by Gasteiger charge is 2.52. The van der Waals surface area contributed by atoms with E-state index in [2.05, 4.69) is 20.9 Å². The molecule has 0 bridgehead atoms. The van der Waals surface area contributed by atoms with Crippen molar-refractivity contribution >= 4 is 61.7 Å². The highest BCUT2D eigenvalue weighted by atomic mass is 79.9. The number of aromatic nitrogens is 1. The number of halogens is 3. The molecule has 0 aliphatic carbocycles. The molecule has 10 heteroatoms. The highest BCUT2D eigenvalue weighted by Crippen LogP contribution is 2.36. The molecule has 1 aliphatic rings. The van der Waals surface area contributed by atoms with Crippen molar-refractivity contribution in [2.24, 2.45) is 0 Å². The van der Waals surface area contributed by atoms with Crippen molar-refractivity contribution in [1.29, 1.82) is 0 Å². The Bertz CT molecular complexity index is 1840. The van der Waals surface area contributed by atoms with Gasteiger partial charge in [0.1, 0.15) is 11.6 Å². The molecule has 3 N–H and O–H groups in total. The molecule has 1 fully saturated rings. The number of hydrogen-bond donors (Lipinski definition) is 2. The van der Waals surface area contributed by atoms with Crippen LogP contribution in [0.15, 0.2) is 94.2 Å². The zero-order valence-electron chi connectivity index (χ0n) is 24.5. The first kappa shape index (κ1) is 32.1. The van der Waals surface area contributed by atoms with E-state index in [0.717, 1.165) is 21.8 Å². The van der Waals surface area contributed by atoms with Crippen molar-refractivity contribution in [2.75, 3.05) is 5.73 Å². The van der Waals surface area contributed by atoms with E-state index in [4.69, 9.17) is 15.0 Å². The SMILES string of the molecule is CC(=O)c1cc(F)ccc1Br.CC1(C)OB(c2ccccc2N)OC1(C)C.O=c1[nH]c2ccccc2c2ccc(F)cc12. The normalized spacial score (nSPS) is 14.9. The third-order valence-electron chi connectivity index (χ3n) is 7.50. The molecule has 5 aromatic rings. The van der Waals surface area contributed by atoms with Gasteiger partial charge in [-0.2, -0.15) is 0 Å². The lowest BCUT2D eigenvalue weighted by molar-refractivity contribution is 0.00578. The number of nitrogen functional groups attached to an aromatic ring is 1.